The molecule has 0 bridgehead atoms. The highest BCUT2D eigenvalue weighted by molar-refractivity contribution is 7.09. The first-order valence-corrected chi connectivity index (χ1v) is 9.19. The number of amides is 1. The average molecular weight is 361 g/mol. The highest BCUT2D eigenvalue weighted by Gasteiger charge is 2.13. The van der Waals surface area contributed by atoms with E-state index in [0.29, 0.717) is 0 Å². The van der Waals surface area contributed by atoms with E-state index in [1.165, 1.54) is 11.5 Å². The molecule has 134 valence electrons. The molecule has 8 heteroatoms. The molecule has 0 unspecified atom stereocenters. The van der Waals surface area contributed by atoms with Gasteiger partial charge in [0.25, 0.3) is 0 Å². The Morgan fingerprint density at radius 1 is 1.32 bits per heavy atom. The summed E-state index contributed by atoms with van der Waals surface area (Å²) in [5.74, 6) is 0.737. The van der Waals surface area contributed by atoms with Crippen molar-refractivity contribution in [3.05, 3.63) is 30.1 Å². The van der Waals surface area contributed by atoms with Gasteiger partial charge in [-0.15, -0.1) is 0 Å². The highest BCUT2D eigenvalue weighted by Crippen LogP contribution is 2.19. The molecule has 1 saturated heterocycles. The number of anilines is 3. The second-order valence-corrected chi connectivity index (χ2v) is 6.63. The number of hydrogen-bond donors (Lipinski definition) is 1. The number of nitrogens with zero attached hydrogens (tertiary/aromatic N) is 4. The van der Waals surface area contributed by atoms with Crippen molar-refractivity contribution < 1.29 is 9.53 Å². The Balaban J connectivity index is 1.53. The van der Waals surface area contributed by atoms with Crippen LogP contribution in [0.25, 0.3) is 0 Å². The van der Waals surface area contributed by atoms with Crippen molar-refractivity contribution in [1.82, 2.24) is 9.36 Å². The standard InChI is InChI=1S/C17H23N5O2S/c1-3-15-19-17(25-20-15)21(2)12-16(23)18-13-4-6-14(7-5-13)22-8-10-24-11-9-22/h4-7H,3,8-12H2,1-2H3,(H,18,23). The van der Waals surface area contributed by atoms with Crippen LogP contribution in [0, 0.1) is 0 Å². The summed E-state index contributed by atoms with van der Waals surface area (Å²) >= 11 is 1.32. The number of ether oxygens (including phenoxy) is 1. The van der Waals surface area contributed by atoms with Gasteiger partial charge in [-0.25, -0.2) is 4.98 Å². The number of nitrogens with one attached hydrogen (secondary N) is 1. The third-order valence-corrected chi connectivity index (χ3v) is 4.88. The molecule has 1 aromatic heterocycles. The number of likely N-dealkylation sites (N-methyl/N-ethyl adjacent to an activating group) is 1. The van der Waals surface area contributed by atoms with Crippen LogP contribution < -0.4 is 15.1 Å². The zero-order valence-electron chi connectivity index (χ0n) is 14.6. The first-order valence-electron chi connectivity index (χ1n) is 8.42. The fourth-order valence-corrected chi connectivity index (χ4v) is 3.31. The van der Waals surface area contributed by atoms with Gasteiger partial charge in [0.1, 0.15) is 5.82 Å². The average Bonchev–Trinajstić information content (AvgIpc) is 3.12. The van der Waals surface area contributed by atoms with Crippen molar-refractivity contribution in [1.29, 1.82) is 0 Å². The molecule has 2 heterocycles. The molecule has 0 spiro atoms. The van der Waals surface area contributed by atoms with Crippen LogP contribution in [-0.2, 0) is 16.0 Å². The van der Waals surface area contributed by atoms with Crippen molar-refractivity contribution >= 4 is 33.9 Å². The molecule has 1 fully saturated rings. The Morgan fingerprint density at radius 2 is 2.04 bits per heavy atom. The molecule has 0 atom stereocenters. The maximum atomic E-state index is 12.2. The second kappa shape index (κ2) is 8.26. The van der Waals surface area contributed by atoms with E-state index in [-0.39, 0.29) is 12.5 Å². The van der Waals surface area contributed by atoms with Crippen LogP contribution in [0.1, 0.15) is 12.7 Å². The first kappa shape index (κ1) is 17.6. The molecule has 25 heavy (non-hydrogen) atoms. The molecule has 2 aromatic rings. The summed E-state index contributed by atoms with van der Waals surface area (Å²) in [6.07, 6.45) is 0.798. The molecule has 1 amide bonds. The van der Waals surface area contributed by atoms with Crippen molar-refractivity contribution in [3.8, 4) is 0 Å². The number of aromatic nitrogens is 2. The second-order valence-electron chi connectivity index (χ2n) is 5.90. The third-order valence-electron chi connectivity index (χ3n) is 4.01. The van der Waals surface area contributed by atoms with Crippen molar-refractivity contribution in [2.75, 3.05) is 55.0 Å². The minimum absolute atomic E-state index is 0.0742. The molecule has 0 saturated carbocycles. The number of benzene rings is 1. The third kappa shape index (κ3) is 4.67. The number of carbonyl (C=O) groups excluding carboxylic acids is 1. The Kier molecular flexibility index (Phi) is 5.83. The number of rotatable bonds is 6. The Labute approximate surface area is 151 Å². The Morgan fingerprint density at radius 3 is 2.68 bits per heavy atom. The summed E-state index contributed by atoms with van der Waals surface area (Å²) in [7, 11) is 1.85. The normalized spacial score (nSPS) is 14.4. The minimum atomic E-state index is -0.0742. The predicted molar refractivity (Wildman–Crippen MR) is 101 cm³/mol. The highest BCUT2D eigenvalue weighted by atomic mass is 32.1. The van der Waals surface area contributed by atoms with Crippen LogP contribution in [0.3, 0.4) is 0 Å². The van der Waals surface area contributed by atoms with Crippen LogP contribution in [0.2, 0.25) is 0 Å². The molecular weight excluding hydrogens is 338 g/mol. The Hall–Kier alpha value is -2.19. The van der Waals surface area contributed by atoms with Gasteiger partial charge in [-0.05, 0) is 24.3 Å². The quantitative estimate of drug-likeness (QED) is 0.849. The monoisotopic (exact) mass is 361 g/mol. The van der Waals surface area contributed by atoms with E-state index in [1.807, 2.05) is 43.1 Å². The summed E-state index contributed by atoms with van der Waals surface area (Å²) < 4.78 is 9.61. The number of morpholine rings is 1. The summed E-state index contributed by atoms with van der Waals surface area (Å²) in [5, 5.41) is 3.69. The van der Waals surface area contributed by atoms with E-state index in [9.17, 15) is 4.79 Å². The van der Waals surface area contributed by atoms with E-state index in [4.69, 9.17) is 4.74 Å². The molecule has 1 N–H and O–H groups in total. The minimum Gasteiger partial charge on any atom is -0.378 e. The molecule has 1 aliphatic heterocycles. The smallest absolute Gasteiger partial charge is 0.243 e. The molecule has 1 aliphatic rings. The lowest BCUT2D eigenvalue weighted by Gasteiger charge is -2.28. The zero-order valence-corrected chi connectivity index (χ0v) is 15.4. The summed E-state index contributed by atoms with van der Waals surface area (Å²) in [6.45, 7) is 5.57. The SMILES string of the molecule is CCc1nsc(N(C)CC(=O)Nc2ccc(N3CCOCC3)cc2)n1. The predicted octanol–water partition coefficient (Wildman–Crippen LogP) is 2.01. The van der Waals surface area contributed by atoms with E-state index in [2.05, 4.69) is 19.6 Å². The van der Waals surface area contributed by atoms with Gasteiger partial charge in [-0.1, -0.05) is 6.92 Å². The molecule has 0 radical (unpaired) electrons. The van der Waals surface area contributed by atoms with Gasteiger partial charge in [-0.3, -0.25) is 4.79 Å². The summed E-state index contributed by atoms with van der Waals surface area (Å²) in [6, 6.07) is 7.93. The van der Waals surface area contributed by atoms with Gasteiger partial charge >= 0.3 is 0 Å². The first-order chi connectivity index (χ1) is 12.2. The van der Waals surface area contributed by atoms with Crippen molar-refractivity contribution in [2.24, 2.45) is 0 Å². The number of carbonyl (C=O) groups is 1. The topological polar surface area (TPSA) is 70.6 Å². The van der Waals surface area contributed by atoms with Crippen molar-refractivity contribution in [3.63, 3.8) is 0 Å². The van der Waals surface area contributed by atoms with Crippen molar-refractivity contribution in [2.45, 2.75) is 13.3 Å². The van der Waals surface area contributed by atoms with E-state index >= 15 is 0 Å². The lowest BCUT2D eigenvalue weighted by atomic mass is 10.2. The molecular formula is C17H23N5O2S. The van der Waals surface area contributed by atoms with Gasteiger partial charge in [0.2, 0.25) is 11.0 Å². The Bertz CT molecular complexity index is 697. The molecule has 3 rings (SSSR count). The van der Waals surface area contributed by atoms with Gasteiger partial charge in [0, 0.05) is 49.5 Å². The largest absolute Gasteiger partial charge is 0.378 e. The molecule has 1 aromatic carbocycles. The maximum Gasteiger partial charge on any atom is 0.243 e. The van der Waals surface area contributed by atoms with Gasteiger partial charge in [0.05, 0.1) is 19.8 Å². The number of aryl methyl sites for hydroxylation is 1. The van der Waals surface area contributed by atoms with Crippen LogP contribution in [-0.4, -0.2) is 55.2 Å². The van der Waals surface area contributed by atoms with E-state index in [0.717, 1.165) is 55.1 Å². The van der Waals surface area contributed by atoms with Gasteiger partial charge < -0.3 is 19.9 Å². The molecule has 7 nitrogen and oxygen atoms in total. The van der Waals surface area contributed by atoms with Crippen LogP contribution in [0.5, 0.6) is 0 Å². The summed E-state index contributed by atoms with van der Waals surface area (Å²) in [5.41, 5.74) is 1.95. The lowest BCUT2D eigenvalue weighted by Crippen LogP contribution is -2.36. The maximum absolute atomic E-state index is 12.2. The lowest BCUT2D eigenvalue weighted by molar-refractivity contribution is -0.114. The van der Waals surface area contributed by atoms with Crippen LogP contribution in [0.4, 0.5) is 16.5 Å². The van der Waals surface area contributed by atoms with E-state index < -0.39 is 0 Å². The van der Waals surface area contributed by atoms with Gasteiger partial charge in [0.15, 0.2) is 0 Å². The van der Waals surface area contributed by atoms with Gasteiger partial charge in [-0.2, -0.15) is 4.37 Å². The van der Waals surface area contributed by atoms with Crippen LogP contribution >= 0.6 is 11.5 Å². The van der Waals surface area contributed by atoms with Crippen LogP contribution in [0.15, 0.2) is 24.3 Å². The summed E-state index contributed by atoms with van der Waals surface area (Å²) in [4.78, 5) is 20.7. The zero-order chi connectivity index (χ0) is 17.6. The fourth-order valence-electron chi connectivity index (χ4n) is 2.60. The molecule has 0 aliphatic carbocycles. The fraction of sp³-hybridized carbons (Fsp3) is 0.471. The number of hydrogen-bond acceptors (Lipinski definition) is 7. The van der Waals surface area contributed by atoms with E-state index in [1.54, 1.807) is 0 Å².